The quantitative estimate of drug-likeness (QED) is 0.525. The zero-order chi connectivity index (χ0) is 12.5. The van der Waals surface area contributed by atoms with E-state index in [1.807, 2.05) is 0 Å². The third-order valence-electron chi connectivity index (χ3n) is 3.45. The lowest BCUT2D eigenvalue weighted by atomic mass is 10.0. The molecule has 1 aliphatic heterocycles. The van der Waals surface area contributed by atoms with Crippen molar-refractivity contribution in [1.29, 1.82) is 0 Å². The van der Waals surface area contributed by atoms with Crippen LogP contribution >= 0.6 is 0 Å². The van der Waals surface area contributed by atoms with E-state index in [2.05, 4.69) is 6.92 Å². The smallest absolute Gasteiger partial charge is 0.335 e. The van der Waals surface area contributed by atoms with Crippen LogP contribution in [0.5, 0.6) is 0 Å². The van der Waals surface area contributed by atoms with Crippen LogP contribution in [0.25, 0.3) is 0 Å². The van der Waals surface area contributed by atoms with Crippen molar-refractivity contribution in [2.24, 2.45) is 0 Å². The average Bonchev–Trinajstić information content (AvgIpc) is 2.32. The van der Waals surface area contributed by atoms with Gasteiger partial charge in [0, 0.05) is 0 Å². The Bertz CT molecular complexity index is 216. The Morgan fingerprint density at radius 2 is 1.76 bits per heavy atom. The Hall–Kier alpha value is -0.570. The van der Waals surface area contributed by atoms with Gasteiger partial charge in [0.15, 0.2) is 6.10 Å². The summed E-state index contributed by atoms with van der Waals surface area (Å²) in [5, 5.41) is 9.21. The third kappa shape index (κ3) is 6.06. The SMILES string of the molecule is CCCCCCCCCC1CCC(O)C(=O)O1. The zero-order valence-electron chi connectivity index (χ0n) is 11.0. The molecule has 0 aromatic carbocycles. The van der Waals surface area contributed by atoms with Crippen LogP contribution in [0.4, 0.5) is 0 Å². The normalized spacial score (nSPS) is 24.7. The molecule has 0 spiro atoms. The van der Waals surface area contributed by atoms with Gasteiger partial charge < -0.3 is 9.84 Å². The van der Waals surface area contributed by atoms with Crippen LogP contribution in [0.15, 0.2) is 0 Å². The summed E-state index contributed by atoms with van der Waals surface area (Å²) < 4.78 is 5.15. The van der Waals surface area contributed by atoms with Gasteiger partial charge in [0.1, 0.15) is 6.10 Å². The van der Waals surface area contributed by atoms with E-state index in [9.17, 15) is 9.90 Å². The molecule has 1 fully saturated rings. The maximum Gasteiger partial charge on any atom is 0.335 e. The van der Waals surface area contributed by atoms with E-state index in [0.717, 1.165) is 19.3 Å². The van der Waals surface area contributed by atoms with Gasteiger partial charge in [-0.2, -0.15) is 0 Å². The van der Waals surface area contributed by atoms with Crippen LogP contribution in [0, 0.1) is 0 Å². The summed E-state index contributed by atoms with van der Waals surface area (Å²) in [7, 11) is 0. The molecule has 1 N–H and O–H groups in total. The van der Waals surface area contributed by atoms with Gasteiger partial charge in [0.05, 0.1) is 0 Å². The fourth-order valence-corrected chi connectivity index (χ4v) is 2.30. The Balaban J connectivity index is 1.94. The molecule has 1 heterocycles. The van der Waals surface area contributed by atoms with Crippen molar-refractivity contribution in [3.8, 4) is 0 Å². The third-order valence-corrected chi connectivity index (χ3v) is 3.45. The van der Waals surface area contributed by atoms with Crippen LogP contribution in [-0.2, 0) is 9.53 Å². The second-order valence-electron chi connectivity index (χ2n) is 5.06. The number of unbranched alkanes of at least 4 members (excludes halogenated alkanes) is 6. The van der Waals surface area contributed by atoms with E-state index in [0.29, 0.717) is 6.42 Å². The van der Waals surface area contributed by atoms with E-state index in [4.69, 9.17) is 4.74 Å². The van der Waals surface area contributed by atoms with Crippen molar-refractivity contribution in [2.45, 2.75) is 83.3 Å². The molecule has 0 bridgehead atoms. The summed E-state index contributed by atoms with van der Waals surface area (Å²) in [6.45, 7) is 2.23. The van der Waals surface area contributed by atoms with Crippen LogP contribution in [-0.4, -0.2) is 23.3 Å². The molecular weight excluding hydrogens is 216 g/mol. The second kappa shape index (κ2) is 8.51. The van der Waals surface area contributed by atoms with Crippen LogP contribution in [0.3, 0.4) is 0 Å². The van der Waals surface area contributed by atoms with Gasteiger partial charge in [-0.25, -0.2) is 4.79 Å². The fourth-order valence-electron chi connectivity index (χ4n) is 2.30. The molecule has 17 heavy (non-hydrogen) atoms. The predicted molar refractivity (Wildman–Crippen MR) is 67.7 cm³/mol. The van der Waals surface area contributed by atoms with Crippen LogP contribution in [0.1, 0.15) is 71.1 Å². The van der Waals surface area contributed by atoms with Crippen molar-refractivity contribution in [2.75, 3.05) is 0 Å². The molecule has 3 nitrogen and oxygen atoms in total. The Morgan fingerprint density at radius 1 is 1.12 bits per heavy atom. The standard InChI is InChI=1S/C14H26O3/c1-2-3-4-5-6-7-8-9-12-10-11-13(15)14(16)17-12/h12-13,15H,2-11H2,1H3. The molecule has 100 valence electrons. The summed E-state index contributed by atoms with van der Waals surface area (Å²) >= 11 is 0. The molecule has 0 radical (unpaired) electrons. The summed E-state index contributed by atoms with van der Waals surface area (Å²) in [5.41, 5.74) is 0. The zero-order valence-corrected chi connectivity index (χ0v) is 11.0. The van der Waals surface area contributed by atoms with Crippen molar-refractivity contribution < 1.29 is 14.6 Å². The Kier molecular flexibility index (Phi) is 7.25. The number of aliphatic hydroxyl groups excluding tert-OH is 1. The maximum absolute atomic E-state index is 11.1. The topological polar surface area (TPSA) is 46.5 Å². The van der Waals surface area contributed by atoms with Gasteiger partial charge in [-0.1, -0.05) is 45.4 Å². The first-order chi connectivity index (χ1) is 8.24. The summed E-state index contributed by atoms with van der Waals surface area (Å²) in [6.07, 6.45) is 10.5. The molecule has 1 rings (SSSR count). The van der Waals surface area contributed by atoms with Crippen molar-refractivity contribution in [1.82, 2.24) is 0 Å². The molecule has 0 saturated carbocycles. The molecule has 2 atom stereocenters. The fraction of sp³-hybridized carbons (Fsp3) is 0.929. The second-order valence-corrected chi connectivity index (χ2v) is 5.06. The molecule has 0 aromatic heterocycles. The van der Waals surface area contributed by atoms with E-state index in [-0.39, 0.29) is 6.10 Å². The van der Waals surface area contributed by atoms with Gasteiger partial charge in [-0.15, -0.1) is 0 Å². The van der Waals surface area contributed by atoms with Gasteiger partial charge in [0.2, 0.25) is 0 Å². The van der Waals surface area contributed by atoms with E-state index >= 15 is 0 Å². The minimum atomic E-state index is -0.875. The van der Waals surface area contributed by atoms with Crippen LogP contribution < -0.4 is 0 Å². The Labute approximate surface area is 105 Å². The summed E-state index contributed by atoms with van der Waals surface area (Å²) in [6, 6.07) is 0. The number of hydrogen-bond donors (Lipinski definition) is 1. The molecule has 0 aliphatic carbocycles. The van der Waals surface area contributed by atoms with Crippen LogP contribution in [0.2, 0.25) is 0 Å². The number of esters is 1. The number of carbonyl (C=O) groups is 1. The number of cyclic esters (lactones) is 1. The highest BCUT2D eigenvalue weighted by Gasteiger charge is 2.27. The highest BCUT2D eigenvalue weighted by Crippen LogP contribution is 2.20. The van der Waals surface area contributed by atoms with Gasteiger partial charge in [-0.05, 0) is 25.7 Å². The van der Waals surface area contributed by atoms with Crippen molar-refractivity contribution in [3.05, 3.63) is 0 Å². The highest BCUT2D eigenvalue weighted by molar-refractivity contribution is 5.75. The predicted octanol–water partition coefficient (Wildman–Crippen LogP) is 3.19. The molecule has 3 heteroatoms. The lowest BCUT2D eigenvalue weighted by Gasteiger charge is -2.25. The van der Waals surface area contributed by atoms with E-state index in [1.54, 1.807) is 0 Å². The van der Waals surface area contributed by atoms with E-state index in [1.165, 1.54) is 38.5 Å². The van der Waals surface area contributed by atoms with Crippen molar-refractivity contribution in [3.63, 3.8) is 0 Å². The number of carbonyl (C=O) groups excluding carboxylic acids is 1. The summed E-state index contributed by atoms with van der Waals surface area (Å²) in [4.78, 5) is 11.1. The minimum Gasteiger partial charge on any atom is -0.460 e. The first kappa shape index (κ1) is 14.5. The number of hydrogen-bond acceptors (Lipinski definition) is 3. The molecule has 0 amide bonds. The van der Waals surface area contributed by atoms with E-state index < -0.39 is 12.1 Å². The molecule has 2 unspecified atom stereocenters. The molecule has 1 saturated heterocycles. The number of ether oxygens (including phenoxy) is 1. The molecule has 0 aromatic rings. The first-order valence-electron chi connectivity index (χ1n) is 7.12. The van der Waals surface area contributed by atoms with Gasteiger partial charge >= 0.3 is 5.97 Å². The molecular formula is C14H26O3. The maximum atomic E-state index is 11.1. The number of aliphatic hydroxyl groups is 1. The monoisotopic (exact) mass is 242 g/mol. The highest BCUT2D eigenvalue weighted by atomic mass is 16.6. The first-order valence-corrected chi connectivity index (χ1v) is 7.12. The largest absolute Gasteiger partial charge is 0.460 e. The van der Waals surface area contributed by atoms with Gasteiger partial charge in [0.25, 0.3) is 0 Å². The Morgan fingerprint density at radius 3 is 2.41 bits per heavy atom. The van der Waals surface area contributed by atoms with Gasteiger partial charge in [-0.3, -0.25) is 0 Å². The van der Waals surface area contributed by atoms with Crippen molar-refractivity contribution >= 4 is 5.97 Å². The summed E-state index contributed by atoms with van der Waals surface area (Å²) in [5.74, 6) is -0.427. The average molecular weight is 242 g/mol. The molecule has 1 aliphatic rings. The lowest BCUT2D eigenvalue weighted by molar-refractivity contribution is -0.167. The lowest BCUT2D eigenvalue weighted by Crippen LogP contribution is -2.34. The minimum absolute atomic E-state index is 0.0570. The number of rotatable bonds is 8.